The highest BCUT2D eigenvalue weighted by Crippen LogP contribution is 2.27. The van der Waals surface area contributed by atoms with Gasteiger partial charge in [-0.15, -0.1) is 0 Å². The SMILES string of the molecule is CC1CN(c2cncc(CNC3CC3)n2)CC(C)S1. The van der Waals surface area contributed by atoms with Gasteiger partial charge >= 0.3 is 0 Å². The van der Waals surface area contributed by atoms with Gasteiger partial charge in [-0.05, 0) is 12.8 Å². The molecule has 0 spiro atoms. The molecule has 2 fully saturated rings. The molecule has 1 aliphatic heterocycles. The lowest BCUT2D eigenvalue weighted by atomic mass is 10.3. The molecule has 0 radical (unpaired) electrons. The van der Waals surface area contributed by atoms with Crippen LogP contribution in [0.1, 0.15) is 32.4 Å². The molecule has 104 valence electrons. The summed E-state index contributed by atoms with van der Waals surface area (Å²) in [5.74, 6) is 1.04. The van der Waals surface area contributed by atoms with Gasteiger partial charge in [-0.25, -0.2) is 4.98 Å². The fourth-order valence-electron chi connectivity index (χ4n) is 2.53. The predicted octanol–water partition coefficient (Wildman–Crippen LogP) is 2.06. The van der Waals surface area contributed by atoms with Gasteiger partial charge in [-0.2, -0.15) is 11.8 Å². The summed E-state index contributed by atoms with van der Waals surface area (Å²) in [4.78, 5) is 11.5. The number of rotatable bonds is 4. The smallest absolute Gasteiger partial charge is 0.147 e. The number of aromatic nitrogens is 2. The molecule has 2 aliphatic rings. The van der Waals surface area contributed by atoms with Crippen molar-refractivity contribution in [3.8, 4) is 0 Å². The van der Waals surface area contributed by atoms with Crippen molar-refractivity contribution in [1.29, 1.82) is 0 Å². The molecule has 19 heavy (non-hydrogen) atoms. The molecule has 4 nitrogen and oxygen atoms in total. The molecule has 1 aliphatic carbocycles. The number of nitrogens with one attached hydrogen (secondary N) is 1. The van der Waals surface area contributed by atoms with E-state index in [1.165, 1.54) is 12.8 Å². The van der Waals surface area contributed by atoms with Gasteiger partial charge in [0.25, 0.3) is 0 Å². The Kier molecular flexibility index (Phi) is 3.93. The lowest BCUT2D eigenvalue weighted by Crippen LogP contribution is -2.41. The Morgan fingerprint density at radius 1 is 1.26 bits per heavy atom. The van der Waals surface area contributed by atoms with Crippen LogP contribution in [0.5, 0.6) is 0 Å². The van der Waals surface area contributed by atoms with E-state index in [0.29, 0.717) is 10.5 Å². The lowest BCUT2D eigenvalue weighted by Gasteiger charge is -2.35. The molecule has 2 heterocycles. The van der Waals surface area contributed by atoms with E-state index in [-0.39, 0.29) is 0 Å². The molecule has 1 saturated heterocycles. The van der Waals surface area contributed by atoms with Gasteiger partial charge in [-0.1, -0.05) is 13.8 Å². The van der Waals surface area contributed by atoms with Crippen LogP contribution in [0, 0.1) is 0 Å². The molecule has 2 unspecified atom stereocenters. The maximum atomic E-state index is 4.76. The van der Waals surface area contributed by atoms with E-state index in [2.05, 4.69) is 40.8 Å². The van der Waals surface area contributed by atoms with Gasteiger partial charge in [0.2, 0.25) is 0 Å². The monoisotopic (exact) mass is 278 g/mol. The summed E-state index contributed by atoms with van der Waals surface area (Å²) >= 11 is 2.06. The second-order valence-corrected chi connectivity index (χ2v) is 7.57. The van der Waals surface area contributed by atoms with Crippen LogP contribution in [0.4, 0.5) is 5.82 Å². The van der Waals surface area contributed by atoms with Gasteiger partial charge in [0.15, 0.2) is 0 Å². The molecule has 0 bridgehead atoms. The maximum Gasteiger partial charge on any atom is 0.147 e. The van der Waals surface area contributed by atoms with E-state index in [1.54, 1.807) is 0 Å². The zero-order chi connectivity index (χ0) is 13.2. The van der Waals surface area contributed by atoms with E-state index in [4.69, 9.17) is 4.98 Å². The molecule has 2 atom stereocenters. The Morgan fingerprint density at radius 2 is 2.00 bits per heavy atom. The van der Waals surface area contributed by atoms with E-state index >= 15 is 0 Å². The Bertz CT molecular complexity index is 425. The van der Waals surface area contributed by atoms with Crippen molar-refractivity contribution in [1.82, 2.24) is 15.3 Å². The van der Waals surface area contributed by atoms with Crippen LogP contribution in [0.3, 0.4) is 0 Å². The molecule has 1 aromatic heterocycles. The number of nitrogens with zero attached hydrogens (tertiary/aromatic N) is 3. The fourth-order valence-corrected chi connectivity index (χ4v) is 3.86. The summed E-state index contributed by atoms with van der Waals surface area (Å²) in [5.41, 5.74) is 1.06. The quantitative estimate of drug-likeness (QED) is 0.913. The molecule has 3 rings (SSSR count). The average Bonchev–Trinajstić information content (AvgIpc) is 3.20. The second-order valence-electron chi connectivity index (χ2n) is 5.69. The van der Waals surface area contributed by atoms with Crippen molar-refractivity contribution in [2.75, 3.05) is 18.0 Å². The zero-order valence-corrected chi connectivity index (χ0v) is 12.5. The Labute approximate surface area is 119 Å². The summed E-state index contributed by atoms with van der Waals surface area (Å²) < 4.78 is 0. The summed E-state index contributed by atoms with van der Waals surface area (Å²) in [7, 11) is 0. The summed E-state index contributed by atoms with van der Waals surface area (Å²) in [6.07, 6.45) is 6.40. The third-order valence-corrected chi connectivity index (χ3v) is 4.79. The summed E-state index contributed by atoms with van der Waals surface area (Å²) in [6.45, 7) is 7.57. The van der Waals surface area contributed by atoms with Crippen LogP contribution in [0.25, 0.3) is 0 Å². The first kappa shape index (κ1) is 13.2. The predicted molar refractivity (Wildman–Crippen MR) is 80.6 cm³/mol. The third kappa shape index (κ3) is 3.60. The van der Waals surface area contributed by atoms with Crippen molar-refractivity contribution in [2.24, 2.45) is 0 Å². The summed E-state index contributed by atoms with van der Waals surface area (Å²) in [6, 6.07) is 0.719. The average molecular weight is 278 g/mol. The fraction of sp³-hybridized carbons (Fsp3) is 0.714. The van der Waals surface area contributed by atoms with E-state index in [9.17, 15) is 0 Å². The molecular weight excluding hydrogens is 256 g/mol. The first-order valence-electron chi connectivity index (χ1n) is 7.15. The van der Waals surface area contributed by atoms with E-state index in [1.807, 2.05) is 12.4 Å². The number of thioether (sulfide) groups is 1. The van der Waals surface area contributed by atoms with Crippen molar-refractivity contribution in [2.45, 2.75) is 49.8 Å². The van der Waals surface area contributed by atoms with Crippen LogP contribution >= 0.6 is 11.8 Å². The minimum absolute atomic E-state index is 0.666. The normalized spacial score (nSPS) is 27.6. The molecule has 1 N–H and O–H groups in total. The largest absolute Gasteiger partial charge is 0.353 e. The van der Waals surface area contributed by atoms with E-state index < -0.39 is 0 Å². The van der Waals surface area contributed by atoms with Crippen LogP contribution in [-0.4, -0.2) is 39.6 Å². The Hall–Kier alpha value is -0.810. The number of hydrogen-bond acceptors (Lipinski definition) is 5. The number of anilines is 1. The van der Waals surface area contributed by atoms with Crippen LogP contribution in [0.15, 0.2) is 12.4 Å². The maximum absolute atomic E-state index is 4.76. The lowest BCUT2D eigenvalue weighted by molar-refractivity contribution is 0.664. The molecule has 0 aromatic carbocycles. The minimum Gasteiger partial charge on any atom is -0.353 e. The second kappa shape index (κ2) is 5.67. The van der Waals surface area contributed by atoms with Crippen molar-refractivity contribution < 1.29 is 0 Å². The molecule has 5 heteroatoms. The van der Waals surface area contributed by atoms with Crippen LogP contribution in [0.2, 0.25) is 0 Å². The van der Waals surface area contributed by atoms with Crippen LogP contribution < -0.4 is 10.2 Å². The number of hydrogen-bond donors (Lipinski definition) is 1. The van der Waals surface area contributed by atoms with Crippen LogP contribution in [-0.2, 0) is 6.54 Å². The van der Waals surface area contributed by atoms with Gasteiger partial charge in [0.05, 0.1) is 11.9 Å². The Morgan fingerprint density at radius 3 is 2.68 bits per heavy atom. The van der Waals surface area contributed by atoms with Crippen molar-refractivity contribution in [3.05, 3.63) is 18.1 Å². The van der Waals surface area contributed by atoms with Gasteiger partial charge in [0.1, 0.15) is 5.82 Å². The first-order chi connectivity index (χ1) is 9.20. The highest BCUT2D eigenvalue weighted by Gasteiger charge is 2.24. The molecule has 0 amide bonds. The Balaban J connectivity index is 1.66. The summed E-state index contributed by atoms with van der Waals surface area (Å²) in [5, 5.41) is 4.83. The highest BCUT2D eigenvalue weighted by molar-refractivity contribution is 8.00. The molecular formula is C14H22N4S. The highest BCUT2D eigenvalue weighted by atomic mass is 32.2. The molecule has 1 aromatic rings. The van der Waals surface area contributed by atoms with Crippen molar-refractivity contribution >= 4 is 17.6 Å². The van der Waals surface area contributed by atoms with E-state index in [0.717, 1.165) is 37.2 Å². The van der Waals surface area contributed by atoms with Gasteiger partial charge in [0, 0.05) is 42.4 Å². The topological polar surface area (TPSA) is 41.1 Å². The standard InChI is InChI=1S/C14H22N4S/c1-10-8-18(9-11(2)19-10)14-7-15-5-13(17-14)6-16-12-3-4-12/h5,7,10-12,16H,3-4,6,8-9H2,1-2H3. The first-order valence-corrected chi connectivity index (χ1v) is 8.09. The van der Waals surface area contributed by atoms with Crippen molar-refractivity contribution in [3.63, 3.8) is 0 Å². The van der Waals surface area contributed by atoms with Gasteiger partial charge in [-0.3, -0.25) is 4.98 Å². The minimum atomic E-state index is 0.666. The van der Waals surface area contributed by atoms with Gasteiger partial charge < -0.3 is 10.2 Å². The third-order valence-electron chi connectivity index (χ3n) is 3.56. The zero-order valence-electron chi connectivity index (χ0n) is 11.7. The molecule has 1 saturated carbocycles.